The van der Waals surface area contributed by atoms with Crippen molar-refractivity contribution < 1.29 is 151 Å². The second-order valence-corrected chi connectivity index (χ2v) is 18.2. The van der Waals surface area contributed by atoms with Crippen molar-refractivity contribution in [2.24, 2.45) is 0 Å². The number of rotatable bonds is 21. The summed E-state index contributed by atoms with van der Waals surface area (Å²) in [6.45, 7) is -6.25. The molecule has 0 aromatic rings. The van der Waals surface area contributed by atoms with Crippen molar-refractivity contribution >= 4 is 83.2 Å². The fraction of sp³-hybridized carbons (Fsp3) is 1.00. The van der Waals surface area contributed by atoms with E-state index in [9.17, 15) is 94.7 Å². The van der Waals surface area contributed by atoms with E-state index < -0.39 is 158 Å². The Kier molecular flexibility index (Phi) is 15.6. The third-order valence-electron chi connectivity index (χ3n) is 5.68. The Morgan fingerprint density at radius 2 is 0.782 bits per heavy atom. The average molecular weight is 983 g/mol. The number of hydrogen-bond acceptors (Lipinski definition) is 27. The van der Waals surface area contributed by atoms with E-state index in [1.54, 1.807) is 0 Å². The maximum absolute atomic E-state index is 11.9. The number of ether oxygens (including phenoxy) is 3. The van der Waals surface area contributed by atoms with Gasteiger partial charge in [0.1, 0.15) is 37.1 Å². The van der Waals surface area contributed by atoms with Crippen LogP contribution < -0.4 is 0 Å². The third-order valence-corrected chi connectivity index (χ3v) is 9.28. The van der Waals surface area contributed by atoms with Crippen molar-refractivity contribution in [1.82, 2.24) is 0 Å². The molecular weight excluding hydrogens is 961 g/mol. The zero-order valence-electron chi connectivity index (χ0n) is 25.1. The molecule has 0 unspecified atom stereocenters. The smallest absolute Gasteiger partial charge is 0.341 e. The van der Waals surface area contributed by atoms with Gasteiger partial charge in [-0.2, -0.15) is 67.3 Å². The SMILES string of the molecule is O=S(=O)(O)OC[C@@H]1O[C@H](O[C@]2(COS(=O)(=O)O)O[C@H](COS(=O)(=O)O)[C@@H](OS(=O)(=O)O)[C@@H]2OS(=O)(=O)O)[C@@H](OS(=O)(=O)O)[C@H](OS(=O)(=O)O)[C@H]1OS(=O)(=O)O. The molecule has 2 rings (SSSR count). The second kappa shape index (κ2) is 17.2. The lowest BCUT2D eigenvalue weighted by Gasteiger charge is -2.45. The lowest BCUT2D eigenvalue weighted by atomic mass is 9.99. The van der Waals surface area contributed by atoms with Crippen molar-refractivity contribution in [3.05, 3.63) is 0 Å². The number of hydrogen-bond donors (Lipinski definition) is 8. The zero-order chi connectivity index (χ0) is 43.0. The summed E-state index contributed by atoms with van der Waals surface area (Å²) in [7, 11) is -48.3. The van der Waals surface area contributed by atoms with Crippen LogP contribution in [0.3, 0.4) is 0 Å². The Morgan fingerprint density at radius 3 is 1.18 bits per heavy atom. The van der Waals surface area contributed by atoms with Crippen molar-refractivity contribution in [3.63, 3.8) is 0 Å². The molecule has 9 atom stereocenters. The van der Waals surface area contributed by atoms with Gasteiger partial charge in [-0.3, -0.25) is 36.4 Å². The molecule has 0 radical (unpaired) electrons. The topological polar surface area (TPSA) is 536 Å². The molecular formula is C12H22O35S8. The predicted molar refractivity (Wildman–Crippen MR) is 152 cm³/mol. The standard InChI is InChI=1S/C12H22O35S8/c13-48(14,15)37-1-4-6(43-51(22,23)24)8(45-53(28,29)30)9(46-54(31,32)33)11(40-4)42-12(3-39-50(19,20)21)10(47-55(34,35)36)7(44-52(25,26)27)5(41-12)2-38-49(16,17)18/h4-11H,1-3H2,(H,13,14,15)(H,16,17,18)(H,19,20,21)(H,22,23,24)(H,25,26,27)(H,28,29,30)(H,31,32,33)(H,34,35,36)/t4-,5+,6-,7+,8+,9-,10-,11+,12-/m0/s1. The van der Waals surface area contributed by atoms with Crippen LogP contribution in [0, 0.1) is 0 Å². The van der Waals surface area contributed by atoms with Crippen LogP contribution in [-0.2, 0) is 131 Å². The van der Waals surface area contributed by atoms with Crippen LogP contribution in [0.1, 0.15) is 0 Å². The maximum Gasteiger partial charge on any atom is 0.397 e. The molecule has 0 aromatic heterocycles. The van der Waals surface area contributed by atoms with Crippen LogP contribution >= 0.6 is 0 Å². The summed E-state index contributed by atoms with van der Waals surface area (Å²) >= 11 is 0. The molecule has 328 valence electrons. The predicted octanol–water partition coefficient (Wildman–Crippen LogP) is -6.78. The van der Waals surface area contributed by atoms with Gasteiger partial charge in [-0.15, -0.1) is 0 Å². The van der Waals surface area contributed by atoms with E-state index in [4.69, 9.17) is 23.3 Å². The first kappa shape index (κ1) is 50.0. The fourth-order valence-corrected chi connectivity index (χ4v) is 7.68. The van der Waals surface area contributed by atoms with Crippen molar-refractivity contribution in [2.75, 3.05) is 19.8 Å². The van der Waals surface area contributed by atoms with Crippen LogP contribution in [0.2, 0.25) is 0 Å². The van der Waals surface area contributed by atoms with E-state index in [0.29, 0.717) is 0 Å². The molecule has 55 heavy (non-hydrogen) atoms. The van der Waals surface area contributed by atoms with E-state index >= 15 is 0 Å². The quantitative estimate of drug-likeness (QED) is 0.0496. The summed E-state index contributed by atoms with van der Waals surface area (Å²) in [5.74, 6) is -4.12. The molecule has 2 aliphatic heterocycles. The highest BCUT2D eigenvalue weighted by Crippen LogP contribution is 2.42. The highest BCUT2D eigenvalue weighted by atomic mass is 32.3. The normalized spacial score (nSPS) is 30.7. The first-order valence-electron chi connectivity index (χ1n) is 12.3. The molecule has 0 aromatic carbocycles. The first-order valence-corrected chi connectivity index (χ1v) is 23.2. The minimum absolute atomic E-state index is 1.92. The van der Waals surface area contributed by atoms with E-state index in [2.05, 4.69) is 33.5 Å². The molecule has 0 amide bonds. The Bertz CT molecular complexity index is 2280. The summed E-state index contributed by atoms with van der Waals surface area (Å²) in [4.78, 5) is 0. The van der Waals surface area contributed by atoms with Crippen LogP contribution in [0.15, 0.2) is 0 Å². The zero-order valence-corrected chi connectivity index (χ0v) is 31.6. The van der Waals surface area contributed by atoms with Crippen LogP contribution in [0.5, 0.6) is 0 Å². The van der Waals surface area contributed by atoms with Gasteiger partial charge in [-0.1, -0.05) is 0 Å². The second-order valence-electron chi connectivity index (χ2n) is 9.64. The maximum atomic E-state index is 11.9. The van der Waals surface area contributed by atoms with Gasteiger partial charge in [-0.25, -0.2) is 33.5 Å². The van der Waals surface area contributed by atoms with Gasteiger partial charge in [0.05, 0.1) is 13.2 Å². The summed E-state index contributed by atoms with van der Waals surface area (Å²) in [5, 5.41) is 0. The molecule has 43 heteroatoms. The summed E-state index contributed by atoms with van der Waals surface area (Å²) in [6, 6.07) is 0. The minimum Gasteiger partial charge on any atom is -0.341 e. The Hall–Kier alpha value is -1.16. The Morgan fingerprint density at radius 1 is 0.418 bits per heavy atom. The summed E-state index contributed by atoms with van der Waals surface area (Å²) in [5.41, 5.74) is 0. The van der Waals surface area contributed by atoms with E-state index in [1.165, 1.54) is 0 Å². The van der Waals surface area contributed by atoms with Gasteiger partial charge >= 0.3 is 83.2 Å². The molecule has 0 saturated carbocycles. The molecule has 35 nitrogen and oxygen atoms in total. The molecule has 2 heterocycles. The van der Waals surface area contributed by atoms with E-state index in [-0.39, 0.29) is 0 Å². The highest BCUT2D eigenvalue weighted by molar-refractivity contribution is 7.82. The lowest BCUT2D eigenvalue weighted by molar-refractivity contribution is -0.374. The highest BCUT2D eigenvalue weighted by Gasteiger charge is 2.65. The van der Waals surface area contributed by atoms with Crippen LogP contribution in [0.25, 0.3) is 0 Å². The Balaban J connectivity index is 3.07. The lowest BCUT2D eigenvalue weighted by Crippen LogP contribution is -2.65. The molecule has 2 aliphatic rings. The fourth-order valence-electron chi connectivity index (χ4n) is 4.24. The average Bonchev–Trinajstić information content (AvgIpc) is 3.15. The van der Waals surface area contributed by atoms with E-state index in [1.807, 2.05) is 0 Å². The molecule has 0 aliphatic carbocycles. The van der Waals surface area contributed by atoms with Crippen molar-refractivity contribution in [1.29, 1.82) is 0 Å². The minimum atomic E-state index is -6.24. The van der Waals surface area contributed by atoms with Crippen LogP contribution in [0.4, 0.5) is 0 Å². The van der Waals surface area contributed by atoms with Crippen molar-refractivity contribution in [3.8, 4) is 0 Å². The molecule has 2 fully saturated rings. The van der Waals surface area contributed by atoms with Gasteiger partial charge in [-0.05, 0) is 0 Å². The molecule has 8 N–H and O–H groups in total. The van der Waals surface area contributed by atoms with Gasteiger partial charge in [0.25, 0.3) is 0 Å². The van der Waals surface area contributed by atoms with Crippen molar-refractivity contribution in [2.45, 2.75) is 54.8 Å². The van der Waals surface area contributed by atoms with Gasteiger partial charge < -0.3 is 14.2 Å². The largest absolute Gasteiger partial charge is 0.397 e. The summed E-state index contributed by atoms with van der Waals surface area (Å²) < 4.78 is 307. The summed E-state index contributed by atoms with van der Waals surface area (Å²) in [6.07, 6.45) is -26.0. The van der Waals surface area contributed by atoms with Gasteiger partial charge in [0.2, 0.25) is 5.79 Å². The van der Waals surface area contributed by atoms with Gasteiger partial charge in [0.15, 0.2) is 18.5 Å². The van der Waals surface area contributed by atoms with Crippen LogP contribution in [-0.4, -0.2) is 178 Å². The third kappa shape index (κ3) is 18.1. The van der Waals surface area contributed by atoms with Gasteiger partial charge in [0, 0.05) is 0 Å². The van der Waals surface area contributed by atoms with E-state index in [0.717, 1.165) is 0 Å². The molecule has 2 saturated heterocycles. The molecule has 0 bridgehead atoms. The Labute approximate surface area is 308 Å². The first-order chi connectivity index (χ1) is 24.2. The molecule has 0 spiro atoms. The monoisotopic (exact) mass is 982 g/mol.